The third-order valence-electron chi connectivity index (χ3n) is 6.19. The minimum absolute atomic E-state index is 0.212. The van der Waals surface area contributed by atoms with Gasteiger partial charge in [-0.3, -0.25) is 9.89 Å². The van der Waals surface area contributed by atoms with Gasteiger partial charge in [-0.2, -0.15) is 14.5 Å². The highest BCUT2D eigenvalue weighted by atomic mass is 19.1. The molecule has 1 saturated heterocycles. The highest BCUT2D eigenvalue weighted by molar-refractivity contribution is 5.96. The fourth-order valence-electron chi connectivity index (χ4n) is 4.41. The van der Waals surface area contributed by atoms with Gasteiger partial charge in [0, 0.05) is 36.7 Å². The van der Waals surface area contributed by atoms with Gasteiger partial charge in [0.05, 0.1) is 17.6 Å². The molecule has 9 nitrogen and oxygen atoms in total. The summed E-state index contributed by atoms with van der Waals surface area (Å²) in [5.74, 6) is 0.903. The molecule has 1 aliphatic carbocycles. The van der Waals surface area contributed by atoms with Crippen LogP contribution in [0.2, 0.25) is 0 Å². The van der Waals surface area contributed by atoms with Crippen LogP contribution in [0, 0.1) is 5.95 Å². The summed E-state index contributed by atoms with van der Waals surface area (Å²) in [5.41, 5.74) is 2.77. The molecule has 0 saturated carbocycles. The number of hydrogen-bond donors (Lipinski definition) is 3. The van der Waals surface area contributed by atoms with Crippen molar-refractivity contribution in [2.75, 3.05) is 22.1 Å². The maximum absolute atomic E-state index is 14.3. The van der Waals surface area contributed by atoms with Crippen LogP contribution in [0.5, 0.6) is 0 Å². The van der Waals surface area contributed by atoms with Crippen molar-refractivity contribution < 1.29 is 13.6 Å². The molecule has 1 fully saturated rings. The standard InChI is InChI=1S/C23H26F2N8O/c1-12(2)16-10-20(32-31-16)29-21-15-8-13(24)9-17(15)28-23(30-21)33-7-3-4-18(33)22(34)27-14-5-6-19(25)26-11-14/h5-6,10-13,18H,3-4,7-9H2,1-2H3,(H,27,34)(H2,28,29,30,31,32)/t13-,18+/m0/s1. The Bertz CT molecular complexity index is 1200. The zero-order valence-corrected chi connectivity index (χ0v) is 19.0. The quantitative estimate of drug-likeness (QED) is 0.474. The minimum Gasteiger partial charge on any atom is -0.329 e. The number of carbonyl (C=O) groups is 1. The molecular formula is C23H26F2N8O. The number of hydrogen-bond acceptors (Lipinski definition) is 7. The second-order valence-corrected chi connectivity index (χ2v) is 9.00. The molecule has 0 bridgehead atoms. The fourth-order valence-corrected chi connectivity index (χ4v) is 4.41. The SMILES string of the molecule is CC(C)c1cc(Nc2nc(N3CCC[C@@H]3C(=O)Nc3ccc(F)nc3)nc3c2C[C@H](F)C3)n[nH]1. The molecule has 2 aliphatic rings. The molecule has 3 aromatic heterocycles. The molecule has 3 N–H and O–H groups in total. The number of aromatic amines is 1. The number of amides is 1. The van der Waals surface area contributed by atoms with Gasteiger partial charge in [-0.05, 0) is 30.9 Å². The summed E-state index contributed by atoms with van der Waals surface area (Å²) in [6, 6.07) is 4.06. The Morgan fingerprint density at radius 2 is 2.12 bits per heavy atom. The Hall–Kier alpha value is -3.63. The first-order valence-electron chi connectivity index (χ1n) is 11.4. The largest absolute Gasteiger partial charge is 0.329 e. The highest BCUT2D eigenvalue weighted by Crippen LogP contribution is 2.34. The predicted octanol–water partition coefficient (Wildman–Crippen LogP) is 3.65. The molecule has 0 spiro atoms. The van der Waals surface area contributed by atoms with Crippen molar-refractivity contribution in [1.29, 1.82) is 0 Å². The van der Waals surface area contributed by atoms with Gasteiger partial charge >= 0.3 is 0 Å². The lowest BCUT2D eigenvalue weighted by Crippen LogP contribution is -2.40. The summed E-state index contributed by atoms with van der Waals surface area (Å²) in [6.07, 6.45) is 2.11. The van der Waals surface area contributed by atoms with E-state index in [1.807, 2.05) is 11.0 Å². The first-order valence-corrected chi connectivity index (χ1v) is 11.4. The summed E-state index contributed by atoms with van der Waals surface area (Å²) >= 11 is 0. The zero-order chi connectivity index (χ0) is 23.8. The normalized spacial score (nSPS) is 19.5. The monoisotopic (exact) mass is 468 g/mol. The Morgan fingerprint density at radius 3 is 2.85 bits per heavy atom. The van der Waals surface area contributed by atoms with Crippen molar-refractivity contribution in [2.45, 2.75) is 57.7 Å². The maximum atomic E-state index is 14.3. The lowest BCUT2D eigenvalue weighted by Gasteiger charge is -2.25. The minimum atomic E-state index is -1.02. The van der Waals surface area contributed by atoms with Gasteiger partial charge in [0.1, 0.15) is 18.0 Å². The summed E-state index contributed by atoms with van der Waals surface area (Å²) in [7, 11) is 0. The topological polar surface area (TPSA) is 112 Å². The number of fused-ring (bicyclic) bond motifs is 1. The Balaban J connectivity index is 1.42. The number of nitrogens with one attached hydrogen (secondary N) is 3. The van der Waals surface area contributed by atoms with Crippen molar-refractivity contribution in [3.8, 4) is 0 Å². The van der Waals surface area contributed by atoms with E-state index in [-0.39, 0.29) is 24.7 Å². The molecular weight excluding hydrogens is 442 g/mol. The Morgan fingerprint density at radius 1 is 1.26 bits per heavy atom. The summed E-state index contributed by atoms with van der Waals surface area (Å²) in [4.78, 5) is 27.7. The van der Waals surface area contributed by atoms with Gasteiger partial charge in [-0.15, -0.1) is 0 Å². The van der Waals surface area contributed by atoms with E-state index in [2.05, 4.69) is 44.6 Å². The molecule has 178 valence electrons. The summed E-state index contributed by atoms with van der Waals surface area (Å²) in [6.45, 7) is 4.72. The Labute approximate surface area is 195 Å². The zero-order valence-electron chi connectivity index (χ0n) is 19.0. The summed E-state index contributed by atoms with van der Waals surface area (Å²) < 4.78 is 27.4. The first-order chi connectivity index (χ1) is 16.4. The fraction of sp³-hybridized carbons (Fsp3) is 0.435. The maximum Gasteiger partial charge on any atom is 0.247 e. The molecule has 11 heteroatoms. The number of halogens is 2. The number of aromatic nitrogens is 5. The van der Waals surface area contributed by atoms with E-state index in [9.17, 15) is 13.6 Å². The number of nitrogens with zero attached hydrogens (tertiary/aromatic N) is 5. The number of rotatable bonds is 6. The van der Waals surface area contributed by atoms with Crippen molar-refractivity contribution in [3.05, 3.63) is 47.3 Å². The number of H-pyrrole nitrogens is 1. The molecule has 1 amide bonds. The number of carbonyl (C=O) groups excluding carboxylic acids is 1. The summed E-state index contributed by atoms with van der Waals surface area (Å²) in [5, 5.41) is 13.3. The smallest absolute Gasteiger partial charge is 0.247 e. The van der Waals surface area contributed by atoms with Crippen molar-refractivity contribution in [1.82, 2.24) is 25.1 Å². The number of anilines is 4. The Kier molecular flexibility index (Phi) is 5.84. The highest BCUT2D eigenvalue weighted by Gasteiger charge is 2.35. The van der Waals surface area contributed by atoms with Gasteiger partial charge < -0.3 is 15.5 Å². The molecule has 34 heavy (non-hydrogen) atoms. The molecule has 3 aromatic rings. The van der Waals surface area contributed by atoms with E-state index in [4.69, 9.17) is 4.98 Å². The molecule has 5 rings (SSSR count). The molecule has 1 aliphatic heterocycles. The molecule has 0 radical (unpaired) electrons. The lowest BCUT2D eigenvalue weighted by molar-refractivity contribution is -0.117. The number of alkyl halides is 1. The second-order valence-electron chi connectivity index (χ2n) is 9.00. The third kappa shape index (κ3) is 4.42. The molecule has 4 heterocycles. The van der Waals surface area contributed by atoms with Crippen LogP contribution in [0.25, 0.3) is 0 Å². The van der Waals surface area contributed by atoms with E-state index >= 15 is 0 Å². The van der Waals surface area contributed by atoms with Crippen LogP contribution in [-0.2, 0) is 17.6 Å². The van der Waals surface area contributed by atoms with Crippen LogP contribution in [0.3, 0.4) is 0 Å². The van der Waals surface area contributed by atoms with Crippen molar-refractivity contribution in [3.63, 3.8) is 0 Å². The van der Waals surface area contributed by atoms with Gasteiger partial charge in [-0.25, -0.2) is 14.4 Å². The average Bonchev–Trinajstić information content (AvgIpc) is 3.54. The van der Waals surface area contributed by atoms with E-state index in [1.165, 1.54) is 18.3 Å². The van der Waals surface area contributed by atoms with Gasteiger partial charge in [0.15, 0.2) is 5.82 Å². The third-order valence-corrected chi connectivity index (χ3v) is 6.19. The van der Waals surface area contributed by atoms with Crippen molar-refractivity contribution in [2.24, 2.45) is 0 Å². The van der Waals surface area contributed by atoms with E-state index in [1.54, 1.807) is 0 Å². The van der Waals surface area contributed by atoms with E-state index < -0.39 is 18.2 Å². The van der Waals surface area contributed by atoms with Gasteiger partial charge in [0.2, 0.25) is 17.8 Å². The van der Waals surface area contributed by atoms with E-state index in [0.717, 1.165) is 17.7 Å². The van der Waals surface area contributed by atoms with Crippen LogP contribution < -0.4 is 15.5 Å². The van der Waals surface area contributed by atoms with Gasteiger partial charge in [0.25, 0.3) is 0 Å². The van der Waals surface area contributed by atoms with E-state index in [0.29, 0.717) is 41.9 Å². The average molecular weight is 469 g/mol. The molecule has 0 aromatic carbocycles. The second kappa shape index (κ2) is 8.96. The lowest BCUT2D eigenvalue weighted by atomic mass is 10.1. The predicted molar refractivity (Wildman–Crippen MR) is 123 cm³/mol. The van der Waals surface area contributed by atoms with Crippen LogP contribution in [0.15, 0.2) is 24.4 Å². The van der Waals surface area contributed by atoms with Crippen LogP contribution >= 0.6 is 0 Å². The molecule has 0 unspecified atom stereocenters. The number of pyridine rings is 1. The van der Waals surface area contributed by atoms with Crippen molar-refractivity contribution >= 4 is 29.2 Å². The van der Waals surface area contributed by atoms with Crippen LogP contribution in [0.4, 0.5) is 32.1 Å². The van der Waals surface area contributed by atoms with Crippen LogP contribution in [0.1, 0.15) is 49.6 Å². The first kappa shape index (κ1) is 22.2. The molecule has 2 atom stereocenters. The van der Waals surface area contributed by atoms with Gasteiger partial charge in [-0.1, -0.05) is 13.8 Å². The van der Waals surface area contributed by atoms with Crippen LogP contribution in [-0.4, -0.2) is 49.8 Å².